The van der Waals surface area contributed by atoms with Gasteiger partial charge in [-0.15, -0.1) is 0 Å². The van der Waals surface area contributed by atoms with Crippen LogP contribution < -0.4 is 0 Å². The van der Waals surface area contributed by atoms with Crippen molar-refractivity contribution in [2.24, 2.45) is 5.92 Å². The molecule has 0 atom stereocenters. The van der Waals surface area contributed by atoms with E-state index in [0.717, 1.165) is 12.3 Å². The fraction of sp³-hybridized carbons (Fsp3) is 0.545. The lowest BCUT2D eigenvalue weighted by Crippen LogP contribution is -2.03. The smallest absolute Gasteiger partial charge is 0.00938 e. The lowest BCUT2D eigenvalue weighted by molar-refractivity contribution is 0.573. The van der Waals surface area contributed by atoms with Crippen molar-refractivity contribution >= 4 is 0 Å². The van der Waals surface area contributed by atoms with E-state index in [0.29, 0.717) is 0 Å². The Kier molecular flexibility index (Phi) is 3.41. The second-order valence-electron chi connectivity index (χ2n) is 3.05. The molecule has 0 unspecified atom stereocenters. The summed E-state index contributed by atoms with van der Waals surface area (Å²) in [4.78, 5) is 0. The Balaban J connectivity index is 2.56. The van der Waals surface area contributed by atoms with E-state index in [9.17, 15) is 0 Å². The molecule has 11 heavy (non-hydrogen) atoms. The Labute approximate surface area is 70.0 Å². The largest absolute Gasteiger partial charge is 0.0839 e. The maximum atomic E-state index is 2.34. The summed E-state index contributed by atoms with van der Waals surface area (Å²) in [7, 11) is 0. The monoisotopic (exact) mass is 149 g/mol. The lowest BCUT2D eigenvalue weighted by atomic mass is 9.88. The number of rotatable bonds is 3. The second-order valence-corrected chi connectivity index (χ2v) is 3.05. The summed E-state index contributed by atoms with van der Waals surface area (Å²) in [6.07, 6.45) is 12.6. The van der Waals surface area contributed by atoms with Crippen molar-refractivity contribution in [2.45, 2.75) is 33.1 Å². The van der Waals surface area contributed by atoms with Gasteiger partial charge in [0.1, 0.15) is 0 Å². The molecule has 0 saturated heterocycles. The van der Waals surface area contributed by atoms with E-state index in [1.165, 1.54) is 18.4 Å². The molecule has 1 aliphatic carbocycles. The highest BCUT2D eigenvalue weighted by Crippen LogP contribution is 2.24. The van der Waals surface area contributed by atoms with Crippen LogP contribution >= 0.6 is 0 Å². The summed E-state index contributed by atoms with van der Waals surface area (Å²) < 4.78 is 0. The summed E-state index contributed by atoms with van der Waals surface area (Å²) >= 11 is 0. The minimum Gasteiger partial charge on any atom is -0.0839 e. The molecule has 61 valence electrons. The molecular formula is C11H17. The minimum absolute atomic E-state index is 0.792. The van der Waals surface area contributed by atoms with Crippen molar-refractivity contribution in [3.63, 3.8) is 0 Å². The van der Waals surface area contributed by atoms with Gasteiger partial charge in [-0.3, -0.25) is 0 Å². The molecule has 1 aliphatic rings. The van der Waals surface area contributed by atoms with Gasteiger partial charge in [0, 0.05) is 0 Å². The molecule has 0 nitrogen and oxygen atoms in total. The van der Waals surface area contributed by atoms with Crippen molar-refractivity contribution in [1.82, 2.24) is 0 Å². The zero-order valence-electron chi connectivity index (χ0n) is 7.51. The first kappa shape index (κ1) is 8.58. The van der Waals surface area contributed by atoms with Crippen molar-refractivity contribution in [3.8, 4) is 0 Å². The van der Waals surface area contributed by atoms with Crippen molar-refractivity contribution in [3.05, 3.63) is 30.2 Å². The summed E-state index contributed by atoms with van der Waals surface area (Å²) in [5, 5.41) is 0. The third kappa shape index (κ3) is 2.21. The molecule has 0 aliphatic heterocycles. The van der Waals surface area contributed by atoms with Gasteiger partial charge in [-0.25, -0.2) is 0 Å². The summed E-state index contributed by atoms with van der Waals surface area (Å²) in [5.74, 6) is 0.792. The van der Waals surface area contributed by atoms with Gasteiger partial charge in [-0.05, 0) is 31.6 Å². The fourth-order valence-electron chi connectivity index (χ4n) is 1.59. The third-order valence-corrected chi connectivity index (χ3v) is 2.37. The minimum atomic E-state index is 0.792. The van der Waals surface area contributed by atoms with Crippen LogP contribution in [0.5, 0.6) is 0 Å². The van der Waals surface area contributed by atoms with Gasteiger partial charge in [0.05, 0.1) is 0 Å². The van der Waals surface area contributed by atoms with Crippen LogP contribution in [0.4, 0.5) is 0 Å². The summed E-state index contributed by atoms with van der Waals surface area (Å²) in [6.45, 7) is 4.53. The van der Waals surface area contributed by atoms with Crippen molar-refractivity contribution in [2.75, 3.05) is 0 Å². The highest BCUT2D eigenvalue weighted by Gasteiger charge is 2.09. The zero-order chi connectivity index (χ0) is 8.10. The van der Waals surface area contributed by atoms with Crippen LogP contribution in [-0.4, -0.2) is 0 Å². The van der Waals surface area contributed by atoms with Gasteiger partial charge in [0.25, 0.3) is 0 Å². The van der Waals surface area contributed by atoms with Crippen LogP contribution in [-0.2, 0) is 0 Å². The quantitative estimate of drug-likeness (QED) is 0.576. The molecule has 0 amide bonds. The Morgan fingerprint density at radius 1 is 1.36 bits per heavy atom. The fourth-order valence-corrected chi connectivity index (χ4v) is 1.59. The van der Waals surface area contributed by atoms with Crippen molar-refractivity contribution in [1.29, 1.82) is 0 Å². The van der Waals surface area contributed by atoms with E-state index in [2.05, 4.69) is 38.5 Å². The summed E-state index contributed by atoms with van der Waals surface area (Å²) in [5.41, 5.74) is 1.54. The van der Waals surface area contributed by atoms with Crippen LogP contribution in [0.2, 0.25) is 0 Å². The zero-order valence-corrected chi connectivity index (χ0v) is 7.51. The maximum absolute atomic E-state index is 2.34. The number of allylic oxidation sites excluding steroid dienone is 4. The molecule has 1 radical (unpaired) electrons. The number of hydrogen-bond acceptors (Lipinski definition) is 0. The van der Waals surface area contributed by atoms with Gasteiger partial charge >= 0.3 is 0 Å². The van der Waals surface area contributed by atoms with E-state index in [4.69, 9.17) is 0 Å². The molecule has 0 fully saturated rings. The molecule has 0 heterocycles. The normalized spacial score (nSPS) is 17.2. The summed E-state index contributed by atoms with van der Waals surface area (Å²) in [6, 6.07) is 0. The van der Waals surface area contributed by atoms with Crippen LogP contribution in [0.15, 0.2) is 23.8 Å². The van der Waals surface area contributed by atoms with Crippen LogP contribution in [0, 0.1) is 12.3 Å². The first-order valence-electron chi connectivity index (χ1n) is 4.58. The first-order valence-corrected chi connectivity index (χ1v) is 4.58. The third-order valence-electron chi connectivity index (χ3n) is 2.37. The standard InChI is InChI=1S/C11H17/c1-3-10(4-2)11-8-6-5-7-9-11/h5-6,8-10H,3-4,7H2,1-2H3. The number of hydrogen-bond donors (Lipinski definition) is 0. The maximum Gasteiger partial charge on any atom is -0.00938 e. The molecular weight excluding hydrogens is 132 g/mol. The van der Waals surface area contributed by atoms with E-state index < -0.39 is 0 Å². The molecule has 0 aromatic rings. The molecule has 0 saturated carbocycles. The van der Waals surface area contributed by atoms with E-state index in [1.54, 1.807) is 0 Å². The molecule has 1 rings (SSSR count). The van der Waals surface area contributed by atoms with Crippen molar-refractivity contribution < 1.29 is 0 Å². The Bertz CT molecular complexity index is 159. The molecule has 0 spiro atoms. The van der Waals surface area contributed by atoms with Gasteiger partial charge in [-0.1, -0.05) is 37.6 Å². The molecule has 0 aromatic carbocycles. The molecule has 0 N–H and O–H groups in total. The van der Waals surface area contributed by atoms with Gasteiger partial charge in [-0.2, -0.15) is 0 Å². The SMILES string of the molecule is CCC(CC)C1=CC=CC[CH]1. The van der Waals surface area contributed by atoms with Crippen LogP contribution in [0.1, 0.15) is 33.1 Å². The average Bonchev–Trinajstić information content (AvgIpc) is 2.09. The molecule has 0 heteroatoms. The highest BCUT2D eigenvalue weighted by molar-refractivity contribution is 5.27. The van der Waals surface area contributed by atoms with E-state index in [1.807, 2.05) is 0 Å². The van der Waals surface area contributed by atoms with E-state index >= 15 is 0 Å². The first-order chi connectivity index (χ1) is 5.38. The van der Waals surface area contributed by atoms with Crippen LogP contribution in [0.3, 0.4) is 0 Å². The predicted octanol–water partition coefficient (Wildman–Crippen LogP) is 3.51. The van der Waals surface area contributed by atoms with Crippen LogP contribution in [0.25, 0.3) is 0 Å². The highest BCUT2D eigenvalue weighted by atomic mass is 14.1. The van der Waals surface area contributed by atoms with Gasteiger partial charge < -0.3 is 0 Å². The second kappa shape index (κ2) is 4.38. The molecule has 0 bridgehead atoms. The van der Waals surface area contributed by atoms with Gasteiger partial charge in [0.15, 0.2) is 0 Å². The van der Waals surface area contributed by atoms with Gasteiger partial charge in [0.2, 0.25) is 0 Å². The lowest BCUT2D eigenvalue weighted by Gasteiger charge is -2.17. The van der Waals surface area contributed by atoms with E-state index in [-0.39, 0.29) is 0 Å². The Morgan fingerprint density at radius 3 is 2.55 bits per heavy atom. The average molecular weight is 149 g/mol. The molecule has 0 aromatic heterocycles. The topological polar surface area (TPSA) is 0 Å². The Hall–Kier alpha value is -0.520. The Morgan fingerprint density at radius 2 is 2.09 bits per heavy atom. The predicted molar refractivity (Wildman–Crippen MR) is 50.2 cm³/mol.